The van der Waals surface area contributed by atoms with E-state index < -0.39 is 0 Å². The van der Waals surface area contributed by atoms with Gasteiger partial charge in [-0.05, 0) is 44.1 Å². The maximum Gasteiger partial charge on any atom is 0.238 e. The molecule has 19 heavy (non-hydrogen) atoms. The summed E-state index contributed by atoms with van der Waals surface area (Å²) in [6.07, 6.45) is 1.11. The van der Waals surface area contributed by atoms with E-state index in [1.54, 1.807) is 0 Å². The van der Waals surface area contributed by atoms with E-state index in [1.807, 2.05) is 31.2 Å². The molecule has 1 aliphatic heterocycles. The predicted molar refractivity (Wildman–Crippen MR) is 81.0 cm³/mol. The summed E-state index contributed by atoms with van der Waals surface area (Å²) >= 11 is 0. The van der Waals surface area contributed by atoms with Gasteiger partial charge in [0, 0.05) is 18.8 Å². The van der Waals surface area contributed by atoms with Crippen LogP contribution in [0.2, 0.25) is 0 Å². The van der Waals surface area contributed by atoms with Crippen LogP contribution in [0.25, 0.3) is 0 Å². The van der Waals surface area contributed by atoms with E-state index >= 15 is 0 Å². The summed E-state index contributed by atoms with van der Waals surface area (Å²) in [5, 5.41) is 6.28. The first-order chi connectivity index (χ1) is 8.74. The Kier molecular flexibility index (Phi) is 6.84. The largest absolute Gasteiger partial charge is 0.325 e. The molecule has 0 bridgehead atoms. The molecule has 0 unspecified atom stereocenters. The van der Waals surface area contributed by atoms with Crippen molar-refractivity contribution in [3.05, 3.63) is 29.8 Å². The number of hydrogen-bond acceptors (Lipinski definition) is 3. The van der Waals surface area contributed by atoms with E-state index in [4.69, 9.17) is 0 Å². The van der Waals surface area contributed by atoms with Crippen LogP contribution in [0.1, 0.15) is 12.0 Å². The topological polar surface area (TPSA) is 44.4 Å². The summed E-state index contributed by atoms with van der Waals surface area (Å²) in [5.41, 5.74) is 2.04. The quantitative estimate of drug-likeness (QED) is 0.887. The van der Waals surface area contributed by atoms with E-state index in [0.29, 0.717) is 6.54 Å². The number of benzene rings is 1. The van der Waals surface area contributed by atoms with E-state index in [2.05, 4.69) is 15.5 Å². The highest BCUT2D eigenvalue weighted by Gasteiger charge is 2.12. The Balaban J connectivity index is 0.00000180. The first kappa shape index (κ1) is 16.0. The van der Waals surface area contributed by atoms with E-state index in [1.165, 1.54) is 0 Å². The second-order valence-electron chi connectivity index (χ2n) is 4.80. The molecule has 2 N–H and O–H groups in total. The zero-order chi connectivity index (χ0) is 12.8. The Morgan fingerprint density at radius 2 is 2.21 bits per heavy atom. The summed E-state index contributed by atoms with van der Waals surface area (Å²) in [5.74, 6) is 0.0718. The molecule has 1 heterocycles. The number of nitrogens with zero attached hydrogens (tertiary/aromatic N) is 1. The molecule has 2 rings (SSSR count). The van der Waals surface area contributed by atoms with E-state index in [0.717, 1.165) is 43.9 Å². The summed E-state index contributed by atoms with van der Waals surface area (Å²) in [4.78, 5) is 14.1. The van der Waals surface area contributed by atoms with Gasteiger partial charge < -0.3 is 10.6 Å². The Labute approximate surface area is 121 Å². The van der Waals surface area contributed by atoms with Crippen molar-refractivity contribution >= 4 is 24.0 Å². The van der Waals surface area contributed by atoms with Crippen LogP contribution in [0.15, 0.2) is 24.3 Å². The van der Waals surface area contributed by atoms with Gasteiger partial charge in [0.1, 0.15) is 0 Å². The van der Waals surface area contributed by atoms with Gasteiger partial charge in [0.25, 0.3) is 0 Å². The lowest BCUT2D eigenvalue weighted by molar-refractivity contribution is -0.117. The third-order valence-electron chi connectivity index (χ3n) is 3.10. The molecule has 0 spiro atoms. The van der Waals surface area contributed by atoms with Crippen LogP contribution < -0.4 is 10.6 Å². The minimum atomic E-state index is 0. The van der Waals surface area contributed by atoms with Crippen molar-refractivity contribution in [1.29, 1.82) is 0 Å². The van der Waals surface area contributed by atoms with Crippen molar-refractivity contribution in [3.8, 4) is 0 Å². The predicted octanol–water partition coefficient (Wildman–Crippen LogP) is 1.65. The fraction of sp³-hybridized carbons (Fsp3) is 0.500. The molecule has 106 valence electrons. The van der Waals surface area contributed by atoms with Gasteiger partial charge in [0.15, 0.2) is 0 Å². The van der Waals surface area contributed by atoms with Crippen molar-refractivity contribution in [2.45, 2.75) is 13.3 Å². The van der Waals surface area contributed by atoms with Gasteiger partial charge in [0.05, 0.1) is 6.54 Å². The fourth-order valence-corrected chi connectivity index (χ4v) is 2.19. The molecule has 5 heteroatoms. The van der Waals surface area contributed by atoms with Gasteiger partial charge >= 0.3 is 0 Å². The average molecular weight is 284 g/mol. The monoisotopic (exact) mass is 283 g/mol. The number of carbonyl (C=O) groups is 1. The SMILES string of the molecule is Cc1cccc(NC(=O)CN2CCCNCC2)c1.Cl. The lowest BCUT2D eigenvalue weighted by Crippen LogP contribution is -2.35. The minimum Gasteiger partial charge on any atom is -0.325 e. The molecule has 4 nitrogen and oxygen atoms in total. The van der Waals surface area contributed by atoms with Gasteiger partial charge in [-0.3, -0.25) is 9.69 Å². The maximum atomic E-state index is 11.9. The lowest BCUT2D eigenvalue weighted by Gasteiger charge is -2.18. The summed E-state index contributed by atoms with van der Waals surface area (Å²) in [6.45, 7) is 6.47. The number of hydrogen-bond donors (Lipinski definition) is 2. The zero-order valence-corrected chi connectivity index (χ0v) is 12.1. The fourth-order valence-electron chi connectivity index (χ4n) is 2.19. The first-order valence-electron chi connectivity index (χ1n) is 6.53. The Morgan fingerprint density at radius 1 is 1.37 bits per heavy atom. The molecule has 0 aromatic heterocycles. The van der Waals surface area contributed by atoms with Crippen LogP contribution in [-0.4, -0.2) is 43.5 Å². The van der Waals surface area contributed by atoms with Gasteiger partial charge in [-0.1, -0.05) is 12.1 Å². The van der Waals surface area contributed by atoms with E-state index in [-0.39, 0.29) is 18.3 Å². The second kappa shape index (κ2) is 8.15. The number of carbonyl (C=O) groups excluding carboxylic acids is 1. The van der Waals surface area contributed by atoms with Gasteiger partial charge in [0.2, 0.25) is 5.91 Å². The number of aryl methyl sites for hydroxylation is 1. The molecular formula is C14H22ClN3O. The molecule has 0 saturated carbocycles. The minimum absolute atomic E-state index is 0. The smallest absolute Gasteiger partial charge is 0.238 e. The summed E-state index contributed by atoms with van der Waals surface area (Å²) in [6, 6.07) is 7.90. The number of anilines is 1. The molecule has 0 aliphatic carbocycles. The molecule has 1 aromatic carbocycles. The van der Waals surface area contributed by atoms with E-state index in [9.17, 15) is 4.79 Å². The Hall–Kier alpha value is -1.10. The highest BCUT2D eigenvalue weighted by Crippen LogP contribution is 2.09. The average Bonchev–Trinajstić information content (AvgIpc) is 2.57. The maximum absolute atomic E-state index is 11.9. The van der Waals surface area contributed by atoms with Crippen molar-refractivity contribution in [2.24, 2.45) is 0 Å². The molecule has 1 saturated heterocycles. The highest BCUT2D eigenvalue weighted by atomic mass is 35.5. The van der Waals surface area contributed by atoms with Gasteiger partial charge in [-0.15, -0.1) is 12.4 Å². The molecule has 0 radical (unpaired) electrons. The zero-order valence-electron chi connectivity index (χ0n) is 11.3. The van der Waals surface area contributed by atoms with Crippen LogP contribution in [-0.2, 0) is 4.79 Å². The van der Waals surface area contributed by atoms with Gasteiger partial charge in [-0.25, -0.2) is 0 Å². The van der Waals surface area contributed by atoms with Gasteiger partial charge in [-0.2, -0.15) is 0 Å². The van der Waals surface area contributed by atoms with Crippen molar-refractivity contribution in [1.82, 2.24) is 10.2 Å². The van der Waals surface area contributed by atoms with Crippen LogP contribution in [0.3, 0.4) is 0 Å². The Morgan fingerprint density at radius 3 is 3.00 bits per heavy atom. The number of nitrogens with one attached hydrogen (secondary N) is 2. The summed E-state index contributed by atoms with van der Waals surface area (Å²) < 4.78 is 0. The molecule has 1 fully saturated rings. The number of rotatable bonds is 3. The molecule has 1 aromatic rings. The van der Waals surface area contributed by atoms with Crippen LogP contribution in [0, 0.1) is 6.92 Å². The van der Waals surface area contributed by atoms with Crippen molar-refractivity contribution < 1.29 is 4.79 Å². The number of halogens is 1. The lowest BCUT2D eigenvalue weighted by atomic mass is 10.2. The third kappa shape index (κ3) is 5.59. The molecule has 0 atom stereocenters. The first-order valence-corrected chi connectivity index (χ1v) is 6.53. The highest BCUT2D eigenvalue weighted by molar-refractivity contribution is 5.92. The number of amides is 1. The Bertz CT molecular complexity index is 403. The third-order valence-corrected chi connectivity index (χ3v) is 3.10. The van der Waals surface area contributed by atoms with Crippen molar-refractivity contribution in [3.63, 3.8) is 0 Å². The second-order valence-corrected chi connectivity index (χ2v) is 4.80. The normalized spacial score (nSPS) is 16.3. The van der Waals surface area contributed by atoms with Crippen LogP contribution in [0.4, 0.5) is 5.69 Å². The van der Waals surface area contributed by atoms with Crippen LogP contribution >= 0.6 is 12.4 Å². The van der Waals surface area contributed by atoms with Crippen LogP contribution in [0.5, 0.6) is 0 Å². The standard InChI is InChI=1S/C14H21N3O.ClH/c1-12-4-2-5-13(10-12)16-14(18)11-17-8-3-6-15-7-9-17;/h2,4-5,10,15H,3,6-9,11H2,1H3,(H,16,18);1H. The molecule has 1 amide bonds. The van der Waals surface area contributed by atoms with Crippen molar-refractivity contribution in [2.75, 3.05) is 38.0 Å². The molecule has 1 aliphatic rings. The summed E-state index contributed by atoms with van der Waals surface area (Å²) in [7, 11) is 0. The molecular weight excluding hydrogens is 262 g/mol.